The standard InChI is InChI=1S/C18H25N7O2/c1-2-27-18(26)25-8-6-15(7-9-25)23-17(19)20-11-13-4-3-5-14(10-13)16-21-12-22-24-16/h3-5,10,12,15H,2,6-9,11H2,1H3,(H3,19,20,23)(H,21,22,24). The van der Waals surface area contributed by atoms with Crippen LogP contribution in [0.4, 0.5) is 4.79 Å². The second kappa shape index (κ2) is 9.02. The van der Waals surface area contributed by atoms with Crippen LogP contribution >= 0.6 is 0 Å². The van der Waals surface area contributed by atoms with E-state index < -0.39 is 0 Å². The van der Waals surface area contributed by atoms with Crippen LogP contribution in [-0.2, 0) is 11.3 Å². The summed E-state index contributed by atoms with van der Waals surface area (Å²) < 4.78 is 5.03. The number of carbonyl (C=O) groups excluding carboxylic acids is 1. The summed E-state index contributed by atoms with van der Waals surface area (Å²) in [6, 6.07) is 8.13. The van der Waals surface area contributed by atoms with Crippen molar-refractivity contribution in [2.24, 2.45) is 10.7 Å². The number of aromatic amines is 1. The van der Waals surface area contributed by atoms with Gasteiger partial charge in [0.05, 0.1) is 13.2 Å². The first-order chi connectivity index (χ1) is 13.2. The molecule has 0 saturated carbocycles. The fourth-order valence-electron chi connectivity index (χ4n) is 3.01. The van der Waals surface area contributed by atoms with Crippen molar-refractivity contribution in [3.8, 4) is 11.4 Å². The van der Waals surface area contributed by atoms with E-state index in [1.165, 1.54) is 6.33 Å². The molecule has 144 valence electrons. The summed E-state index contributed by atoms with van der Waals surface area (Å²) in [5.41, 5.74) is 8.02. The second-order valence-electron chi connectivity index (χ2n) is 6.34. The number of benzene rings is 1. The van der Waals surface area contributed by atoms with Crippen molar-refractivity contribution in [1.82, 2.24) is 25.4 Å². The number of nitrogens with one attached hydrogen (secondary N) is 2. The predicted molar refractivity (Wildman–Crippen MR) is 102 cm³/mol. The van der Waals surface area contributed by atoms with Crippen LogP contribution in [-0.4, -0.2) is 57.9 Å². The maximum Gasteiger partial charge on any atom is 0.409 e. The zero-order valence-corrected chi connectivity index (χ0v) is 15.4. The summed E-state index contributed by atoms with van der Waals surface area (Å²) in [7, 11) is 0. The molecule has 4 N–H and O–H groups in total. The van der Waals surface area contributed by atoms with Crippen molar-refractivity contribution in [3.63, 3.8) is 0 Å². The Balaban J connectivity index is 1.49. The molecule has 0 unspecified atom stereocenters. The molecule has 1 saturated heterocycles. The highest BCUT2D eigenvalue weighted by molar-refractivity contribution is 5.78. The topological polar surface area (TPSA) is 122 Å². The van der Waals surface area contributed by atoms with Crippen LogP contribution in [0.1, 0.15) is 25.3 Å². The molecule has 1 aromatic carbocycles. The van der Waals surface area contributed by atoms with Crippen molar-refractivity contribution in [3.05, 3.63) is 36.2 Å². The van der Waals surface area contributed by atoms with Crippen LogP contribution in [0.25, 0.3) is 11.4 Å². The minimum Gasteiger partial charge on any atom is -0.450 e. The van der Waals surface area contributed by atoms with Gasteiger partial charge in [0.1, 0.15) is 6.33 Å². The number of aliphatic imine (C=N–C) groups is 1. The van der Waals surface area contributed by atoms with Gasteiger partial charge in [-0.2, -0.15) is 5.10 Å². The molecule has 0 aliphatic carbocycles. The molecule has 0 radical (unpaired) electrons. The van der Waals surface area contributed by atoms with Gasteiger partial charge in [0.25, 0.3) is 0 Å². The zero-order valence-electron chi connectivity index (χ0n) is 15.4. The lowest BCUT2D eigenvalue weighted by Crippen LogP contribution is -2.48. The van der Waals surface area contributed by atoms with Gasteiger partial charge in [0.2, 0.25) is 0 Å². The van der Waals surface area contributed by atoms with Crippen molar-refractivity contribution >= 4 is 12.1 Å². The fourth-order valence-corrected chi connectivity index (χ4v) is 3.01. The monoisotopic (exact) mass is 371 g/mol. The molecule has 1 aliphatic heterocycles. The molecule has 0 spiro atoms. The maximum atomic E-state index is 11.7. The van der Waals surface area contributed by atoms with Gasteiger partial charge in [0.15, 0.2) is 11.8 Å². The van der Waals surface area contributed by atoms with Gasteiger partial charge in [-0.15, -0.1) is 0 Å². The van der Waals surface area contributed by atoms with Crippen LogP contribution in [0.5, 0.6) is 0 Å². The van der Waals surface area contributed by atoms with E-state index in [9.17, 15) is 4.79 Å². The first-order valence-electron chi connectivity index (χ1n) is 9.08. The quantitative estimate of drug-likeness (QED) is 0.541. The first kappa shape index (κ1) is 18.7. The van der Waals surface area contributed by atoms with Gasteiger partial charge >= 0.3 is 6.09 Å². The molecule has 1 amide bonds. The molecule has 9 nitrogen and oxygen atoms in total. The Kier molecular flexibility index (Phi) is 6.24. The van der Waals surface area contributed by atoms with E-state index in [1.54, 1.807) is 4.90 Å². The van der Waals surface area contributed by atoms with Crippen LogP contribution in [0.2, 0.25) is 0 Å². The molecule has 9 heteroatoms. The molecule has 0 atom stereocenters. The SMILES string of the molecule is CCOC(=O)N1CCC(NC(N)=NCc2cccc(-c3ncn[nH]3)c2)CC1. The Labute approximate surface area is 158 Å². The predicted octanol–water partition coefficient (Wildman–Crippen LogP) is 1.50. The minimum absolute atomic E-state index is 0.208. The van der Waals surface area contributed by atoms with E-state index in [0.29, 0.717) is 32.2 Å². The molecular weight excluding hydrogens is 346 g/mol. The summed E-state index contributed by atoms with van der Waals surface area (Å²) >= 11 is 0. The van der Waals surface area contributed by atoms with E-state index in [-0.39, 0.29) is 12.1 Å². The van der Waals surface area contributed by atoms with Gasteiger partial charge in [0, 0.05) is 24.7 Å². The Morgan fingerprint density at radius 2 is 2.26 bits per heavy atom. The van der Waals surface area contributed by atoms with Crippen LogP contribution in [0.3, 0.4) is 0 Å². The molecule has 1 fully saturated rings. The summed E-state index contributed by atoms with van der Waals surface area (Å²) in [5, 5.41) is 9.96. The van der Waals surface area contributed by atoms with E-state index >= 15 is 0 Å². The number of hydrogen-bond acceptors (Lipinski definition) is 5. The van der Waals surface area contributed by atoms with E-state index in [0.717, 1.165) is 29.8 Å². The fraction of sp³-hybridized carbons (Fsp3) is 0.444. The molecule has 3 rings (SSSR count). The van der Waals surface area contributed by atoms with Crippen molar-refractivity contribution in [2.75, 3.05) is 19.7 Å². The lowest BCUT2D eigenvalue weighted by molar-refractivity contribution is 0.0963. The van der Waals surface area contributed by atoms with E-state index in [2.05, 4.69) is 25.5 Å². The van der Waals surface area contributed by atoms with Gasteiger partial charge in [-0.1, -0.05) is 18.2 Å². The number of carbonyl (C=O) groups is 1. The summed E-state index contributed by atoms with van der Waals surface area (Å²) in [6.45, 7) is 3.99. The lowest BCUT2D eigenvalue weighted by atomic mass is 10.1. The number of piperidine rings is 1. The van der Waals surface area contributed by atoms with E-state index in [1.807, 2.05) is 31.2 Å². The number of H-pyrrole nitrogens is 1. The van der Waals surface area contributed by atoms with Gasteiger partial charge in [-0.05, 0) is 31.4 Å². The summed E-state index contributed by atoms with van der Waals surface area (Å²) in [6.07, 6.45) is 2.87. The van der Waals surface area contributed by atoms with Crippen molar-refractivity contribution in [2.45, 2.75) is 32.4 Å². The lowest BCUT2D eigenvalue weighted by Gasteiger charge is -2.31. The van der Waals surface area contributed by atoms with Crippen LogP contribution in [0, 0.1) is 0 Å². The number of guanidine groups is 1. The Morgan fingerprint density at radius 1 is 1.44 bits per heavy atom. The highest BCUT2D eigenvalue weighted by atomic mass is 16.6. The van der Waals surface area contributed by atoms with Crippen LogP contribution < -0.4 is 11.1 Å². The Bertz CT molecular complexity index is 768. The third-order valence-electron chi connectivity index (χ3n) is 4.42. The third kappa shape index (κ3) is 5.19. The summed E-state index contributed by atoms with van der Waals surface area (Å²) in [4.78, 5) is 22.0. The highest BCUT2D eigenvalue weighted by Crippen LogP contribution is 2.16. The molecule has 2 aromatic rings. The molecule has 1 aliphatic rings. The average molecular weight is 371 g/mol. The Morgan fingerprint density at radius 3 is 2.96 bits per heavy atom. The van der Waals surface area contributed by atoms with Crippen molar-refractivity contribution in [1.29, 1.82) is 0 Å². The average Bonchev–Trinajstić information content (AvgIpc) is 3.22. The van der Waals surface area contributed by atoms with Crippen molar-refractivity contribution < 1.29 is 9.53 Å². The number of likely N-dealkylation sites (tertiary alicyclic amines) is 1. The third-order valence-corrected chi connectivity index (χ3v) is 4.42. The minimum atomic E-state index is -0.246. The number of ether oxygens (including phenoxy) is 1. The van der Waals surface area contributed by atoms with Gasteiger partial charge in [-0.25, -0.2) is 14.8 Å². The molecule has 1 aromatic heterocycles. The summed E-state index contributed by atoms with van der Waals surface area (Å²) in [5.74, 6) is 1.13. The molecular formula is C18H25N7O2. The number of rotatable bonds is 5. The van der Waals surface area contributed by atoms with Gasteiger partial charge < -0.3 is 20.7 Å². The molecule has 27 heavy (non-hydrogen) atoms. The highest BCUT2D eigenvalue weighted by Gasteiger charge is 2.23. The number of nitrogens with two attached hydrogens (primary N) is 1. The smallest absolute Gasteiger partial charge is 0.409 e. The largest absolute Gasteiger partial charge is 0.450 e. The normalized spacial score (nSPS) is 15.6. The van der Waals surface area contributed by atoms with Crippen LogP contribution in [0.15, 0.2) is 35.6 Å². The maximum absolute atomic E-state index is 11.7. The van der Waals surface area contributed by atoms with E-state index in [4.69, 9.17) is 10.5 Å². The first-order valence-corrected chi connectivity index (χ1v) is 9.08. The molecule has 0 bridgehead atoms. The number of hydrogen-bond donors (Lipinski definition) is 3. The van der Waals surface area contributed by atoms with Gasteiger partial charge in [-0.3, -0.25) is 5.10 Å². The number of amides is 1. The number of aromatic nitrogens is 3. The number of nitrogens with zero attached hydrogens (tertiary/aromatic N) is 4. The molecule has 2 heterocycles. The second-order valence-corrected chi connectivity index (χ2v) is 6.34. The Hall–Kier alpha value is -3.10. The zero-order chi connectivity index (χ0) is 19.1.